The number of carboxylic acid groups (broad SMARTS) is 1. The first-order chi connectivity index (χ1) is 9.26. The van der Waals surface area contributed by atoms with Crippen LogP contribution in [0.5, 0.6) is 0 Å². The third kappa shape index (κ3) is 4.23. The SMILES string of the molecule is CCS(=O)(=O)Nc1ccccc1C(=O)N[C@H](C)C(=O)O. The first kappa shape index (κ1) is 16.0. The van der Waals surface area contributed by atoms with Gasteiger partial charge in [-0.3, -0.25) is 14.3 Å². The molecule has 0 spiro atoms. The lowest BCUT2D eigenvalue weighted by Crippen LogP contribution is -2.38. The van der Waals surface area contributed by atoms with Gasteiger partial charge in [-0.1, -0.05) is 12.1 Å². The minimum atomic E-state index is -3.52. The van der Waals surface area contributed by atoms with Gasteiger partial charge in [-0.25, -0.2) is 8.42 Å². The molecule has 0 radical (unpaired) electrons. The van der Waals surface area contributed by atoms with Gasteiger partial charge >= 0.3 is 5.97 Å². The number of amides is 1. The molecule has 1 rings (SSSR count). The van der Waals surface area contributed by atoms with Crippen LogP contribution in [0.15, 0.2) is 24.3 Å². The van der Waals surface area contributed by atoms with E-state index in [0.717, 1.165) is 0 Å². The Morgan fingerprint density at radius 1 is 1.30 bits per heavy atom. The maximum atomic E-state index is 11.9. The van der Waals surface area contributed by atoms with Gasteiger partial charge in [-0.05, 0) is 26.0 Å². The van der Waals surface area contributed by atoms with E-state index in [9.17, 15) is 18.0 Å². The monoisotopic (exact) mass is 300 g/mol. The smallest absolute Gasteiger partial charge is 0.325 e. The molecule has 0 aliphatic heterocycles. The topological polar surface area (TPSA) is 113 Å². The van der Waals surface area contributed by atoms with E-state index >= 15 is 0 Å². The molecule has 0 heterocycles. The summed E-state index contributed by atoms with van der Waals surface area (Å²) in [5.74, 6) is -1.96. The molecule has 20 heavy (non-hydrogen) atoms. The van der Waals surface area contributed by atoms with Gasteiger partial charge in [0.05, 0.1) is 17.0 Å². The van der Waals surface area contributed by atoms with E-state index in [4.69, 9.17) is 5.11 Å². The van der Waals surface area contributed by atoms with Crippen LogP contribution in [0.2, 0.25) is 0 Å². The van der Waals surface area contributed by atoms with E-state index in [1.165, 1.54) is 26.0 Å². The molecule has 1 amide bonds. The van der Waals surface area contributed by atoms with Gasteiger partial charge in [0.25, 0.3) is 5.91 Å². The van der Waals surface area contributed by atoms with Crippen molar-refractivity contribution in [2.45, 2.75) is 19.9 Å². The zero-order valence-corrected chi connectivity index (χ0v) is 11.9. The normalized spacial score (nSPS) is 12.5. The molecule has 0 aliphatic carbocycles. The molecular formula is C12H16N2O5S. The van der Waals surface area contributed by atoms with Crippen molar-refractivity contribution in [2.75, 3.05) is 10.5 Å². The van der Waals surface area contributed by atoms with Crippen molar-refractivity contribution in [3.05, 3.63) is 29.8 Å². The number of nitrogens with one attached hydrogen (secondary N) is 2. The van der Waals surface area contributed by atoms with Gasteiger partial charge in [0.15, 0.2) is 0 Å². The lowest BCUT2D eigenvalue weighted by Gasteiger charge is -2.13. The zero-order valence-electron chi connectivity index (χ0n) is 11.1. The number of benzene rings is 1. The predicted molar refractivity (Wildman–Crippen MR) is 74.1 cm³/mol. The van der Waals surface area contributed by atoms with E-state index in [2.05, 4.69) is 10.0 Å². The van der Waals surface area contributed by atoms with E-state index in [1.807, 2.05) is 0 Å². The van der Waals surface area contributed by atoms with Crippen LogP contribution < -0.4 is 10.0 Å². The minimum Gasteiger partial charge on any atom is -0.480 e. The Kier molecular flexibility index (Phi) is 5.09. The number of carbonyl (C=O) groups is 2. The molecular weight excluding hydrogens is 284 g/mol. The van der Waals surface area contributed by atoms with Crippen LogP contribution in [0.1, 0.15) is 24.2 Å². The summed E-state index contributed by atoms with van der Waals surface area (Å²) in [6.07, 6.45) is 0. The van der Waals surface area contributed by atoms with Gasteiger partial charge in [0.1, 0.15) is 6.04 Å². The van der Waals surface area contributed by atoms with E-state index in [0.29, 0.717) is 0 Å². The van der Waals surface area contributed by atoms with Crippen molar-refractivity contribution in [1.29, 1.82) is 0 Å². The molecule has 0 saturated carbocycles. The first-order valence-corrected chi connectivity index (χ1v) is 7.55. The summed E-state index contributed by atoms with van der Waals surface area (Å²) in [7, 11) is -3.52. The summed E-state index contributed by atoms with van der Waals surface area (Å²) < 4.78 is 25.4. The molecule has 8 heteroatoms. The quantitative estimate of drug-likeness (QED) is 0.714. The molecule has 0 saturated heterocycles. The molecule has 110 valence electrons. The van der Waals surface area contributed by atoms with Crippen LogP contribution in [-0.2, 0) is 14.8 Å². The molecule has 0 fully saturated rings. The second-order valence-electron chi connectivity index (χ2n) is 4.08. The largest absolute Gasteiger partial charge is 0.480 e. The van der Waals surface area contributed by atoms with Gasteiger partial charge in [-0.2, -0.15) is 0 Å². The lowest BCUT2D eigenvalue weighted by atomic mass is 10.1. The highest BCUT2D eigenvalue weighted by atomic mass is 32.2. The van der Waals surface area contributed by atoms with Gasteiger partial charge in [0.2, 0.25) is 10.0 Å². The Balaban J connectivity index is 3.01. The Bertz CT molecular complexity index is 612. The van der Waals surface area contributed by atoms with Crippen LogP contribution >= 0.6 is 0 Å². The van der Waals surface area contributed by atoms with Crippen LogP contribution in [-0.4, -0.2) is 37.2 Å². The highest BCUT2D eigenvalue weighted by molar-refractivity contribution is 7.92. The highest BCUT2D eigenvalue weighted by Gasteiger charge is 2.19. The second kappa shape index (κ2) is 6.38. The molecule has 1 aromatic carbocycles. The van der Waals surface area contributed by atoms with Crippen LogP contribution in [0.25, 0.3) is 0 Å². The summed E-state index contributed by atoms with van der Waals surface area (Å²) >= 11 is 0. The third-order valence-corrected chi connectivity index (χ3v) is 3.83. The Hall–Kier alpha value is -2.09. The van der Waals surface area contributed by atoms with Crippen molar-refractivity contribution >= 4 is 27.6 Å². The number of hydrogen-bond acceptors (Lipinski definition) is 4. The van der Waals surface area contributed by atoms with E-state index in [-0.39, 0.29) is 17.0 Å². The van der Waals surface area contributed by atoms with Crippen molar-refractivity contribution in [3.63, 3.8) is 0 Å². The van der Waals surface area contributed by atoms with Crippen molar-refractivity contribution < 1.29 is 23.1 Å². The number of carbonyl (C=O) groups excluding carboxylic acids is 1. The molecule has 1 atom stereocenters. The van der Waals surface area contributed by atoms with Crippen molar-refractivity contribution in [3.8, 4) is 0 Å². The summed E-state index contributed by atoms with van der Waals surface area (Å²) in [6.45, 7) is 2.79. The maximum Gasteiger partial charge on any atom is 0.325 e. The summed E-state index contributed by atoms with van der Waals surface area (Å²) in [4.78, 5) is 22.6. The van der Waals surface area contributed by atoms with Crippen molar-refractivity contribution in [1.82, 2.24) is 5.32 Å². The van der Waals surface area contributed by atoms with Crippen LogP contribution in [0.4, 0.5) is 5.69 Å². The molecule has 3 N–H and O–H groups in total. The molecule has 7 nitrogen and oxygen atoms in total. The number of hydrogen-bond donors (Lipinski definition) is 3. The molecule has 0 bridgehead atoms. The fraction of sp³-hybridized carbons (Fsp3) is 0.333. The zero-order chi connectivity index (χ0) is 15.3. The number of rotatable bonds is 6. The molecule has 0 unspecified atom stereocenters. The fourth-order valence-corrected chi connectivity index (χ4v) is 2.00. The third-order valence-electron chi connectivity index (χ3n) is 2.54. The average Bonchev–Trinajstić information content (AvgIpc) is 2.38. The standard InChI is InChI=1S/C12H16N2O5S/c1-3-20(18,19)14-10-7-5-4-6-9(10)11(15)13-8(2)12(16)17/h4-8,14H,3H2,1-2H3,(H,13,15)(H,16,17)/t8-/m1/s1. The number of aliphatic carboxylic acids is 1. The van der Waals surface area contributed by atoms with Crippen molar-refractivity contribution in [2.24, 2.45) is 0 Å². The second-order valence-corrected chi connectivity index (χ2v) is 6.10. The first-order valence-electron chi connectivity index (χ1n) is 5.90. The Morgan fingerprint density at radius 2 is 1.90 bits per heavy atom. The molecule has 0 aliphatic rings. The van der Waals surface area contributed by atoms with Gasteiger partial charge < -0.3 is 10.4 Å². The fourth-order valence-electron chi connectivity index (χ4n) is 1.35. The van der Waals surface area contributed by atoms with Crippen LogP contribution in [0, 0.1) is 0 Å². The van der Waals surface area contributed by atoms with Crippen LogP contribution in [0.3, 0.4) is 0 Å². The number of para-hydroxylation sites is 1. The lowest BCUT2D eigenvalue weighted by molar-refractivity contribution is -0.138. The number of anilines is 1. The maximum absolute atomic E-state index is 11.9. The van der Waals surface area contributed by atoms with E-state index in [1.54, 1.807) is 12.1 Å². The Labute approximate surface area is 117 Å². The Morgan fingerprint density at radius 3 is 2.45 bits per heavy atom. The van der Waals surface area contributed by atoms with Gasteiger partial charge in [0, 0.05) is 0 Å². The summed E-state index contributed by atoms with van der Waals surface area (Å²) in [5.41, 5.74) is 0.182. The minimum absolute atomic E-state index is 0.0672. The average molecular weight is 300 g/mol. The number of sulfonamides is 1. The van der Waals surface area contributed by atoms with E-state index < -0.39 is 27.9 Å². The summed E-state index contributed by atoms with van der Waals surface area (Å²) in [6, 6.07) is 4.92. The van der Waals surface area contributed by atoms with Gasteiger partial charge in [-0.15, -0.1) is 0 Å². The highest BCUT2D eigenvalue weighted by Crippen LogP contribution is 2.16. The molecule has 1 aromatic rings. The predicted octanol–water partition coefficient (Wildman–Crippen LogP) is 0.651. The number of carboxylic acids is 1. The summed E-state index contributed by atoms with van der Waals surface area (Å²) in [5, 5.41) is 11.0. The molecule has 0 aromatic heterocycles.